The number of aromatic hydroxyl groups is 1. The van der Waals surface area contributed by atoms with Gasteiger partial charge in [-0.25, -0.2) is 8.78 Å². The van der Waals surface area contributed by atoms with E-state index in [1.807, 2.05) is 24.3 Å². The lowest BCUT2D eigenvalue weighted by molar-refractivity contribution is -0.147. The van der Waals surface area contributed by atoms with Gasteiger partial charge >= 0.3 is 5.97 Å². The Balaban J connectivity index is 1.05. The molecule has 0 radical (unpaired) electrons. The highest BCUT2D eigenvalue weighted by Gasteiger charge is 2.49. The van der Waals surface area contributed by atoms with Gasteiger partial charge in [-0.2, -0.15) is 23.5 Å². The maximum absolute atomic E-state index is 15.3. The first-order valence-corrected chi connectivity index (χ1v) is 37.5. The van der Waals surface area contributed by atoms with Crippen molar-refractivity contribution in [2.24, 2.45) is 22.6 Å². The van der Waals surface area contributed by atoms with Gasteiger partial charge in [0.2, 0.25) is 47.3 Å². The second-order valence-corrected chi connectivity index (χ2v) is 29.3. The van der Waals surface area contributed by atoms with Gasteiger partial charge in [0.05, 0.1) is 19.0 Å². The van der Waals surface area contributed by atoms with Gasteiger partial charge in [-0.3, -0.25) is 62.5 Å². The maximum Gasteiger partial charge on any atom is 0.305 e. The number of nitrogens with two attached hydrogens (primary N) is 1. The lowest BCUT2D eigenvalue weighted by atomic mass is 9.89. The Labute approximate surface area is 614 Å². The Morgan fingerprint density at radius 2 is 1.34 bits per heavy atom. The molecule has 2 bridgehead atoms. The van der Waals surface area contributed by atoms with Crippen molar-refractivity contribution in [3.05, 3.63) is 149 Å². The van der Waals surface area contributed by atoms with Crippen molar-refractivity contribution in [1.82, 2.24) is 46.8 Å². The van der Waals surface area contributed by atoms with Crippen LogP contribution in [0.25, 0.3) is 21.8 Å². The number of thioether (sulfide) groups is 2. The number of carbonyl (C=O) groups excluding carboxylic acids is 11. The zero-order valence-electron chi connectivity index (χ0n) is 58.5. The van der Waals surface area contributed by atoms with Crippen LogP contribution < -0.4 is 37.6 Å². The number of halogens is 2. The number of nitrogens with one attached hydrogen (secondary N) is 8. The van der Waals surface area contributed by atoms with E-state index in [-0.39, 0.29) is 79.7 Å². The smallest absolute Gasteiger partial charge is 0.305 e. The molecule has 1 fully saturated rings. The number of hydrogen-bond donors (Lipinski definition) is 11. The van der Waals surface area contributed by atoms with Gasteiger partial charge in [-0.15, -0.1) is 0 Å². The molecular formula is C76H89F2N11O14S2. The largest absolute Gasteiger partial charge is 0.508 e. The van der Waals surface area contributed by atoms with E-state index in [1.165, 1.54) is 108 Å². The van der Waals surface area contributed by atoms with Crippen molar-refractivity contribution < 1.29 is 76.5 Å². The lowest BCUT2D eigenvalue weighted by Crippen LogP contribution is -2.62. The van der Waals surface area contributed by atoms with E-state index in [2.05, 4.69) is 46.9 Å². The fraction of sp³-hybridized carbons (Fsp3) is 0.434. The molecule has 12 N–H and O–H groups in total. The van der Waals surface area contributed by atoms with Crippen molar-refractivity contribution in [2.75, 3.05) is 24.6 Å². The van der Waals surface area contributed by atoms with Crippen LogP contribution in [0.1, 0.15) is 132 Å². The SMILES string of the molecule is CCC(=O)CCCCC[C@@H]1NC(=O)CCSCc2cccc(c2)CSC[C@@H](C(N)=O)NC(=O)[C@]2(C)CCCN2C(=O)[C@H](Cc2ccc(O)cc2)NC(=O)[C@H](CC2=CN=CC2)CC(=O)C(CC(=O)O)NC(=O)[C@H](Cc2c[nH]c3ccc(F)cc23)NC(=O)[C@H](Cc2c[nH]c3ccc(F)cc23)CC(=O)CNC1=O. The number of aromatic nitrogens is 2. The fourth-order valence-electron chi connectivity index (χ4n) is 13.3. The van der Waals surface area contributed by atoms with Gasteiger partial charge < -0.3 is 62.7 Å². The number of fused-ring (bicyclic) bond motifs is 5. The monoisotopic (exact) mass is 1480 g/mol. The normalized spacial score (nSPS) is 23.0. The number of phenols is 1. The van der Waals surface area contributed by atoms with Crippen LogP contribution in [0.5, 0.6) is 5.75 Å². The molecule has 8 amide bonds. The highest BCUT2D eigenvalue weighted by molar-refractivity contribution is 7.98. The van der Waals surface area contributed by atoms with Crippen molar-refractivity contribution in [3.63, 3.8) is 0 Å². The average molecular weight is 1480 g/mol. The first kappa shape index (κ1) is 79.1. The number of aliphatic carboxylic acids is 1. The molecule has 1 unspecified atom stereocenters. The molecule has 6 aromatic rings. The zero-order valence-corrected chi connectivity index (χ0v) is 60.2. The van der Waals surface area contributed by atoms with Crippen LogP contribution in [-0.4, -0.2) is 162 Å². The first-order chi connectivity index (χ1) is 50.3. The van der Waals surface area contributed by atoms with E-state index in [0.29, 0.717) is 88.9 Å². The topological polar surface area (TPSA) is 391 Å². The molecule has 25 nitrogen and oxygen atoms in total. The molecule has 4 aromatic carbocycles. The van der Waals surface area contributed by atoms with Crippen LogP contribution in [0.4, 0.5) is 8.78 Å². The van der Waals surface area contributed by atoms with Crippen LogP contribution in [-0.2, 0) is 88.3 Å². The van der Waals surface area contributed by atoms with Crippen LogP contribution >= 0.6 is 23.5 Å². The molecule has 2 aromatic heterocycles. The molecule has 105 heavy (non-hydrogen) atoms. The summed E-state index contributed by atoms with van der Waals surface area (Å²) in [6.45, 7) is 2.71. The number of carbonyl (C=O) groups is 12. The number of primary amides is 1. The number of hydrogen-bond acceptors (Lipinski definition) is 16. The summed E-state index contributed by atoms with van der Waals surface area (Å²) < 4.78 is 30.0. The van der Waals surface area contributed by atoms with E-state index >= 15 is 28.4 Å². The second kappa shape index (κ2) is 37.6. The summed E-state index contributed by atoms with van der Waals surface area (Å²) in [6.07, 6.45) is 5.73. The molecule has 1 saturated heterocycles. The summed E-state index contributed by atoms with van der Waals surface area (Å²) in [6, 6.07) is 13.9. The van der Waals surface area contributed by atoms with Gasteiger partial charge in [0.25, 0.3) is 0 Å². The second-order valence-electron chi connectivity index (χ2n) is 27.2. The molecule has 558 valence electrons. The minimum absolute atomic E-state index is 0.00651. The van der Waals surface area contributed by atoms with Crippen molar-refractivity contribution >= 4 is 122 Å². The quantitative estimate of drug-likeness (QED) is 0.0388. The minimum Gasteiger partial charge on any atom is -0.508 e. The Kier molecular flexibility index (Phi) is 28.3. The molecule has 3 aliphatic rings. The number of aromatic amines is 2. The molecule has 29 heteroatoms. The molecule has 3 aliphatic heterocycles. The molecule has 9 rings (SSSR count). The Hall–Kier alpha value is -10.0. The van der Waals surface area contributed by atoms with E-state index in [0.717, 1.165) is 11.1 Å². The number of phenolic OH excluding ortho intramolecular Hbond substituents is 1. The molecular weight excluding hydrogens is 1390 g/mol. The highest BCUT2D eigenvalue weighted by atomic mass is 32.2. The summed E-state index contributed by atoms with van der Waals surface area (Å²) in [5.41, 5.74) is 8.75. The van der Waals surface area contributed by atoms with Crippen molar-refractivity contribution in [2.45, 2.75) is 170 Å². The van der Waals surface area contributed by atoms with Crippen molar-refractivity contribution in [3.8, 4) is 5.75 Å². The average Bonchev–Trinajstić information content (AvgIpc) is 1.67. The minimum atomic E-state index is -1.91. The number of amides is 8. The highest BCUT2D eigenvalue weighted by Crippen LogP contribution is 2.33. The molecule has 0 spiro atoms. The van der Waals surface area contributed by atoms with Crippen LogP contribution in [0.3, 0.4) is 0 Å². The standard InChI is InChI=1S/C76H89F2N11O14S2/c1-3-54(90)11-5-4-6-12-61-72(100)83-40-56(92)31-49(30-50-38-81-59-19-15-52(77)34-57(50)59)71(99)86-63(32-51-39-82-60-20-16-53(78)35-58(51)60)73(101)85-62(36-68(95)96)66(93)33-48(28-45-21-24-80-37-45)70(98)87-64(29-44-13-17-55(91)18-14-44)74(102)89-25-8-23-76(89,2)75(103)88-65(69(79)97)43-105-42-47-10-7-9-46(27-47)41-104-26-22-67(94)84-61/h7,9-10,13-20,24,27,34-35,37-39,48-49,61-65,81-82,91H,3-6,8,11-12,21-23,25-26,28-33,36,40-43H2,1-2H3,(H2,79,97)(H,83,100)(H,84,94)(H,85,101)(H,86,99)(H,87,98)(H,88,103)(H,95,96)/t48-,49-,61+,62?,63+,64+,65+,76+/m1/s1. The third-order valence-electron chi connectivity index (χ3n) is 19.2. The predicted octanol–water partition coefficient (Wildman–Crippen LogP) is 6.94. The van der Waals surface area contributed by atoms with Gasteiger partial charge in [-0.1, -0.05) is 56.2 Å². The summed E-state index contributed by atoms with van der Waals surface area (Å²) in [5, 5.41) is 37.6. The van der Waals surface area contributed by atoms with Gasteiger partial charge in [-0.05, 0) is 127 Å². The Bertz CT molecular complexity index is 4280. The summed E-state index contributed by atoms with van der Waals surface area (Å²) >= 11 is 2.80. The molecule has 5 heterocycles. The number of aliphatic imine (C=N–C) groups is 1. The first-order valence-electron chi connectivity index (χ1n) is 35.2. The van der Waals surface area contributed by atoms with E-state index in [4.69, 9.17) is 5.73 Å². The summed E-state index contributed by atoms with van der Waals surface area (Å²) in [5.74, 6) is -12.3. The Morgan fingerprint density at radius 1 is 0.695 bits per heavy atom. The molecule has 0 aliphatic carbocycles. The van der Waals surface area contributed by atoms with E-state index in [9.17, 15) is 48.2 Å². The van der Waals surface area contributed by atoms with E-state index in [1.54, 1.807) is 20.1 Å². The van der Waals surface area contributed by atoms with Gasteiger partial charge in [0, 0.05) is 139 Å². The van der Waals surface area contributed by atoms with Crippen molar-refractivity contribution in [1.29, 1.82) is 0 Å². The maximum atomic E-state index is 15.3. The zero-order chi connectivity index (χ0) is 75.3. The number of H-pyrrole nitrogens is 2. The number of rotatable bonds is 18. The summed E-state index contributed by atoms with van der Waals surface area (Å²) in [4.78, 5) is 182. The number of unbranched alkanes of at least 4 members (excludes halogenated alkanes) is 2. The lowest BCUT2D eigenvalue weighted by Gasteiger charge is -2.37. The number of carboxylic acids is 1. The predicted molar refractivity (Wildman–Crippen MR) is 393 cm³/mol. The number of allylic oxidation sites excluding steroid dienone is 1. The Morgan fingerprint density at radius 3 is 1.99 bits per heavy atom. The van der Waals surface area contributed by atoms with Crippen LogP contribution in [0.2, 0.25) is 0 Å². The van der Waals surface area contributed by atoms with Crippen LogP contribution in [0, 0.1) is 23.5 Å². The van der Waals surface area contributed by atoms with E-state index < -0.39 is 156 Å². The van der Waals surface area contributed by atoms with Gasteiger partial charge in [0.15, 0.2) is 11.6 Å². The number of Topliss-reactive ketones (excluding diaryl/α,β-unsaturated/α-hetero) is 3. The summed E-state index contributed by atoms with van der Waals surface area (Å²) in [7, 11) is 0. The number of carboxylic acid groups (broad SMARTS) is 1. The third kappa shape index (κ3) is 22.5. The third-order valence-corrected chi connectivity index (χ3v) is 21.4. The van der Waals surface area contributed by atoms with Gasteiger partial charge in [0.1, 0.15) is 52.9 Å². The number of benzene rings is 4. The molecule has 0 saturated carbocycles. The molecule has 8 atom stereocenters. The number of ketones is 3. The fourth-order valence-corrected chi connectivity index (χ4v) is 15.2. The van der Waals surface area contributed by atoms with Crippen LogP contribution in [0.15, 0.2) is 114 Å². The number of nitrogens with zero attached hydrogens (tertiary/aromatic N) is 2.